The molecule has 6 heteroatoms. The highest BCUT2D eigenvalue weighted by Gasteiger charge is 2.39. The summed E-state index contributed by atoms with van der Waals surface area (Å²) in [5.74, 6) is -0.0392. The predicted octanol–water partition coefficient (Wildman–Crippen LogP) is 2.34. The summed E-state index contributed by atoms with van der Waals surface area (Å²) in [6.07, 6.45) is 6.34. The van der Waals surface area contributed by atoms with Crippen molar-refractivity contribution in [2.24, 2.45) is 0 Å². The number of likely N-dealkylation sites (tertiary alicyclic amines) is 1. The second-order valence-electron chi connectivity index (χ2n) is 7.37. The Labute approximate surface area is 154 Å². The minimum Gasteiger partial charge on any atom is -0.380 e. The van der Waals surface area contributed by atoms with Crippen molar-refractivity contribution in [1.29, 1.82) is 0 Å². The van der Waals surface area contributed by atoms with Crippen LogP contribution in [-0.4, -0.2) is 71.1 Å². The van der Waals surface area contributed by atoms with Crippen molar-refractivity contribution in [2.45, 2.75) is 43.9 Å². The van der Waals surface area contributed by atoms with Gasteiger partial charge in [-0.05, 0) is 37.8 Å². The Morgan fingerprint density at radius 2 is 2.04 bits per heavy atom. The van der Waals surface area contributed by atoms with E-state index in [-0.39, 0.29) is 11.9 Å². The molecule has 0 N–H and O–H groups in total. The molecule has 2 fully saturated rings. The molecule has 1 aromatic carbocycles. The highest BCUT2D eigenvalue weighted by Crippen LogP contribution is 2.31. The van der Waals surface area contributed by atoms with Crippen LogP contribution in [0.5, 0.6) is 0 Å². The third kappa shape index (κ3) is 3.19. The summed E-state index contributed by atoms with van der Waals surface area (Å²) >= 11 is 0. The zero-order valence-corrected chi connectivity index (χ0v) is 15.5. The number of amides is 1. The number of carbonyl (C=O) groups is 1. The van der Waals surface area contributed by atoms with Gasteiger partial charge in [0.15, 0.2) is 0 Å². The first kappa shape index (κ1) is 17.4. The normalized spacial score (nSPS) is 26.5. The number of methoxy groups -OCH3 is 1. The molecule has 138 valence electrons. The first-order valence-electron chi connectivity index (χ1n) is 9.43. The van der Waals surface area contributed by atoms with Crippen LogP contribution in [0.4, 0.5) is 0 Å². The number of likely N-dealkylation sites (N-methyl/N-ethyl adjacent to an activating group) is 1. The van der Waals surface area contributed by atoms with E-state index in [2.05, 4.69) is 14.9 Å². The van der Waals surface area contributed by atoms with Crippen LogP contribution >= 0.6 is 0 Å². The van der Waals surface area contributed by atoms with E-state index in [0.29, 0.717) is 17.8 Å². The Hall–Kier alpha value is -2.05. The lowest BCUT2D eigenvalue weighted by atomic mass is 10.1. The van der Waals surface area contributed by atoms with Crippen LogP contribution in [0, 0.1) is 0 Å². The number of aromatic nitrogens is 2. The molecule has 1 aliphatic heterocycles. The average molecular weight is 354 g/mol. The number of carbonyl (C=O) groups excluding carboxylic acids is 1. The molecule has 0 radical (unpaired) electrons. The first-order chi connectivity index (χ1) is 12.7. The van der Waals surface area contributed by atoms with Crippen molar-refractivity contribution in [1.82, 2.24) is 19.8 Å². The van der Waals surface area contributed by atoms with Crippen LogP contribution in [0.2, 0.25) is 0 Å². The SMILES string of the molecule is COC1CCN([C@H]2CCC[C@H]2N(C)C(=O)c2cnc3ccccc3n2)C1. The van der Waals surface area contributed by atoms with Crippen molar-refractivity contribution < 1.29 is 9.53 Å². The van der Waals surface area contributed by atoms with Gasteiger partial charge in [0.1, 0.15) is 5.69 Å². The zero-order valence-electron chi connectivity index (χ0n) is 15.5. The molecule has 26 heavy (non-hydrogen) atoms. The van der Waals surface area contributed by atoms with Crippen molar-refractivity contribution in [2.75, 3.05) is 27.2 Å². The topological polar surface area (TPSA) is 58.6 Å². The highest BCUT2D eigenvalue weighted by molar-refractivity contribution is 5.93. The molecule has 1 saturated heterocycles. The van der Waals surface area contributed by atoms with Gasteiger partial charge in [-0.2, -0.15) is 0 Å². The highest BCUT2D eigenvalue weighted by atomic mass is 16.5. The Bertz CT molecular complexity index is 796. The largest absolute Gasteiger partial charge is 0.380 e. The number of hydrogen-bond acceptors (Lipinski definition) is 5. The summed E-state index contributed by atoms with van der Waals surface area (Å²) in [6.45, 7) is 2.02. The summed E-state index contributed by atoms with van der Waals surface area (Å²) < 4.78 is 5.51. The average Bonchev–Trinajstić information content (AvgIpc) is 3.35. The lowest BCUT2D eigenvalue weighted by molar-refractivity contribution is 0.0600. The second kappa shape index (κ2) is 7.29. The number of nitrogens with zero attached hydrogens (tertiary/aromatic N) is 4. The van der Waals surface area contributed by atoms with Gasteiger partial charge in [-0.3, -0.25) is 14.7 Å². The first-order valence-corrected chi connectivity index (χ1v) is 9.43. The summed E-state index contributed by atoms with van der Waals surface area (Å²) in [6, 6.07) is 8.29. The molecule has 1 aromatic heterocycles. The van der Waals surface area contributed by atoms with Crippen molar-refractivity contribution >= 4 is 16.9 Å². The van der Waals surface area contributed by atoms with E-state index in [1.807, 2.05) is 36.2 Å². The van der Waals surface area contributed by atoms with Gasteiger partial charge in [0.25, 0.3) is 5.91 Å². The fourth-order valence-corrected chi connectivity index (χ4v) is 4.44. The van der Waals surface area contributed by atoms with Gasteiger partial charge in [0.2, 0.25) is 0 Å². The number of benzene rings is 1. The second-order valence-corrected chi connectivity index (χ2v) is 7.37. The van der Waals surface area contributed by atoms with E-state index in [9.17, 15) is 4.79 Å². The molecule has 2 aromatic rings. The lowest BCUT2D eigenvalue weighted by Gasteiger charge is -2.35. The molecular weight excluding hydrogens is 328 g/mol. The monoisotopic (exact) mass is 354 g/mol. The third-order valence-electron chi connectivity index (χ3n) is 5.91. The van der Waals surface area contributed by atoms with Crippen LogP contribution in [-0.2, 0) is 4.74 Å². The van der Waals surface area contributed by atoms with Crippen LogP contribution < -0.4 is 0 Å². The Morgan fingerprint density at radius 3 is 2.81 bits per heavy atom. The van der Waals surface area contributed by atoms with E-state index in [4.69, 9.17) is 4.74 Å². The molecule has 1 aliphatic carbocycles. The fraction of sp³-hybridized carbons (Fsp3) is 0.550. The van der Waals surface area contributed by atoms with E-state index >= 15 is 0 Å². The molecule has 4 rings (SSSR count). The molecule has 1 saturated carbocycles. The summed E-state index contributed by atoms with van der Waals surface area (Å²) in [5.41, 5.74) is 2.00. The van der Waals surface area contributed by atoms with Crippen molar-refractivity contribution in [3.8, 4) is 0 Å². The fourth-order valence-electron chi connectivity index (χ4n) is 4.44. The van der Waals surface area contributed by atoms with Gasteiger partial charge in [0, 0.05) is 39.3 Å². The Balaban J connectivity index is 1.51. The van der Waals surface area contributed by atoms with E-state index in [1.54, 1.807) is 13.3 Å². The van der Waals surface area contributed by atoms with Gasteiger partial charge >= 0.3 is 0 Å². The minimum atomic E-state index is -0.0392. The van der Waals surface area contributed by atoms with Gasteiger partial charge in [-0.25, -0.2) is 4.98 Å². The molecule has 6 nitrogen and oxygen atoms in total. The number of hydrogen-bond donors (Lipinski definition) is 0. The molecule has 1 amide bonds. The summed E-state index contributed by atoms with van der Waals surface area (Å²) in [4.78, 5) is 26.3. The molecule has 0 bridgehead atoms. The van der Waals surface area contributed by atoms with Gasteiger partial charge in [-0.15, -0.1) is 0 Å². The van der Waals surface area contributed by atoms with E-state index in [1.165, 1.54) is 0 Å². The van der Waals surface area contributed by atoms with Crippen LogP contribution in [0.1, 0.15) is 36.2 Å². The number of ether oxygens (including phenoxy) is 1. The van der Waals surface area contributed by atoms with Gasteiger partial charge in [0.05, 0.1) is 23.3 Å². The van der Waals surface area contributed by atoms with Gasteiger partial charge in [-0.1, -0.05) is 12.1 Å². The molecule has 2 heterocycles. The third-order valence-corrected chi connectivity index (χ3v) is 5.91. The number of fused-ring (bicyclic) bond motifs is 1. The summed E-state index contributed by atoms with van der Waals surface area (Å²) in [7, 11) is 3.69. The number of para-hydroxylation sites is 2. The zero-order chi connectivity index (χ0) is 18.1. The standard InChI is InChI=1S/C20H26N4O2/c1-23(18-8-5-9-19(18)24-11-10-14(13-24)26-2)20(25)17-12-21-15-6-3-4-7-16(15)22-17/h3-4,6-7,12,14,18-19H,5,8-11,13H2,1-2H3/t14?,18-,19+/m1/s1. The van der Waals surface area contributed by atoms with Crippen molar-refractivity contribution in [3.63, 3.8) is 0 Å². The quantitative estimate of drug-likeness (QED) is 0.843. The molecular formula is C20H26N4O2. The number of rotatable bonds is 4. The van der Waals surface area contributed by atoms with Crippen LogP contribution in [0.25, 0.3) is 11.0 Å². The molecule has 3 atom stereocenters. The maximum Gasteiger partial charge on any atom is 0.274 e. The maximum absolute atomic E-state index is 13.0. The van der Waals surface area contributed by atoms with Crippen LogP contribution in [0.15, 0.2) is 30.5 Å². The molecule has 2 aliphatic rings. The van der Waals surface area contributed by atoms with Gasteiger partial charge < -0.3 is 9.64 Å². The smallest absolute Gasteiger partial charge is 0.274 e. The Morgan fingerprint density at radius 1 is 1.23 bits per heavy atom. The van der Waals surface area contributed by atoms with E-state index in [0.717, 1.165) is 49.8 Å². The predicted molar refractivity (Wildman–Crippen MR) is 100 cm³/mol. The Kier molecular flexibility index (Phi) is 4.87. The maximum atomic E-state index is 13.0. The van der Waals surface area contributed by atoms with E-state index < -0.39 is 0 Å². The molecule has 1 unspecified atom stereocenters. The van der Waals surface area contributed by atoms with Crippen molar-refractivity contribution in [3.05, 3.63) is 36.2 Å². The minimum absolute atomic E-state index is 0.0392. The lowest BCUT2D eigenvalue weighted by Crippen LogP contribution is -2.49. The summed E-state index contributed by atoms with van der Waals surface area (Å²) in [5, 5.41) is 0. The van der Waals surface area contributed by atoms with Crippen LogP contribution in [0.3, 0.4) is 0 Å². The molecule has 0 spiro atoms.